The second kappa shape index (κ2) is 11.3. The number of halogens is 1. The van der Waals surface area contributed by atoms with E-state index in [0.29, 0.717) is 0 Å². The molecule has 0 bridgehead atoms. The molecule has 0 aliphatic heterocycles. The molecule has 0 atom stereocenters. The van der Waals surface area contributed by atoms with E-state index < -0.39 is 0 Å². The number of aryl methyl sites for hydroxylation is 1. The largest absolute Gasteiger partial charge is 0.461 e. The van der Waals surface area contributed by atoms with Gasteiger partial charge in [0.25, 0.3) is 0 Å². The predicted octanol–water partition coefficient (Wildman–Crippen LogP) is 4.41. The highest BCUT2D eigenvalue weighted by atomic mass is 127. The molecule has 3 aromatic rings. The second-order valence-electron chi connectivity index (χ2n) is 6.01. The lowest BCUT2D eigenvalue weighted by Gasteiger charge is -2.10. The lowest BCUT2D eigenvalue weighted by atomic mass is 10.2. The van der Waals surface area contributed by atoms with Gasteiger partial charge in [-0.1, -0.05) is 25.1 Å². The number of benzene rings is 1. The van der Waals surface area contributed by atoms with Crippen molar-refractivity contribution in [2.75, 3.05) is 19.6 Å². The first-order valence-corrected chi connectivity index (χ1v) is 10.0. The summed E-state index contributed by atoms with van der Waals surface area (Å²) in [5, 5.41) is 8.97. The topological polar surface area (TPSA) is 62.5 Å². The summed E-state index contributed by atoms with van der Waals surface area (Å²) in [4.78, 5) is 10.4. The van der Waals surface area contributed by atoms with E-state index in [2.05, 4.69) is 46.6 Å². The molecule has 2 N–H and O–H groups in total. The van der Waals surface area contributed by atoms with Crippen LogP contribution in [0.1, 0.15) is 29.5 Å². The first-order chi connectivity index (χ1) is 12.8. The fourth-order valence-electron chi connectivity index (χ4n) is 2.70. The van der Waals surface area contributed by atoms with Crippen LogP contribution in [0.5, 0.6) is 0 Å². The smallest absolute Gasteiger partial charge is 0.191 e. The van der Waals surface area contributed by atoms with E-state index in [0.717, 1.165) is 66.6 Å². The SMILES string of the molecule is CCNC(=NCCc1ncc(CC)s1)NCCc1cc2ccccc2o1.I. The molecule has 0 spiro atoms. The van der Waals surface area contributed by atoms with Crippen molar-refractivity contribution < 1.29 is 4.42 Å². The van der Waals surface area contributed by atoms with Gasteiger partial charge in [-0.3, -0.25) is 4.99 Å². The second-order valence-corrected chi connectivity index (χ2v) is 7.21. The predicted molar refractivity (Wildman–Crippen MR) is 125 cm³/mol. The lowest BCUT2D eigenvalue weighted by molar-refractivity contribution is 0.544. The summed E-state index contributed by atoms with van der Waals surface area (Å²) in [6, 6.07) is 10.2. The Labute approximate surface area is 181 Å². The number of nitrogens with zero attached hydrogens (tertiary/aromatic N) is 2. The quantitative estimate of drug-likeness (QED) is 0.275. The van der Waals surface area contributed by atoms with Gasteiger partial charge in [0, 0.05) is 48.9 Å². The maximum atomic E-state index is 5.85. The fraction of sp³-hybridized carbons (Fsp3) is 0.400. The Morgan fingerprint density at radius 2 is 2.04 bits per heavy atom. The summed E-state index contributed by atoms with van der Waals surface area (Å²) in [7, 11) is 0. The highest BCUT2D eigenvalue weighted by Gasteiger charge is 2.04. The number of aliphatic imine (C=N–C) groups is 1. The number of hydrogen-bond acceptors (Lipinski definition) is 4. The fourth-order valence-corrected chi connectivity index (χ4v) is 3.55. The summed E-state index contributed by atoms with van der Waals surface area (Å²) >= 11 is 1.78. The summed E-state index contributed by atoms with van der Waals surface area (Å²) in [6.45, 7) is 6.59. The zero-order valence-corrected chi connectivity index (χ0v) is 19.0. The van der Waals surface area contributed by atoms with Crippen LogP contribution in [-0.2, 0) is 19.3 Å². The Morgan fingerprint density at radius 1 is 1.19 bits per heavy atom. The molecule has 146 valence electrons. The van der Waals surface area contributed by atoms with Crippen LogP contribution in [0.3, 0.4) is 0 Å². The normalized spacial score (nSPS) is 11.4. The number of hydrogen-bond donors (Lipinski definition) is 2. The molecule has 3 rings (SSSR count). The highest BCUT2D eigenvalue weighted by Crippen LogP contribution is 2.18. The minimum atomic E-state index is 0. The van der Waals surface area contributed by atoms with Crippen LogP contribution in [0.25, 0.3) is 11.0 Å². The Balaban J connectivity index is 0.00000261. The zero-order chi connectivity index (χ0) is 18.2. The number of fused-ring (bicyclic) bond motifs is 1. The molecule has 0 aliphatic rings. The van der Waals surface area contributed by atoms with E-state index in [1.165, 1.54) is 4.88 Å². The Bertz CT molecular complexity index is 825. The van der Waals surface area contributed by atoms with Crippen LogP contribution >= 0.6 is 35.3 Å². The first kappa shape index (κ1) is 21.7. The standard InChI is InChI=1S/C20H26N4OS.HI/c1-3-17-14-24-19(26-17)10-12-23-20(21-4-2)22-11-9-16-13-15-7-5-6-8-18(15)25-16;/h5-8,13-14H,3-4,9-12H2,1-2H3,(H2,21,22,23);1H. The van der Waals surface area contributed by atoms with Crippen molar-refractivity contribution in [1.29, 1.82) is 0 Å². The van der Waals surface area contributed by atoms with E-state index in [1.54, 1.807) is 11.3 Å². The molecule has 27 heavy (non-hydrogen) atoms. The zero-order valence-electron chi connectivity index (χ0n) is 15.8. The summed E-state index contributed by atoms with van der Waals surface area (Å²) in [6.07, 6.45) is 4.73. The van der Waals surface area contributed by atoms with Gasteiger partial charge < -0.3 is 15.1 Å². The molecule has 0 saturated carbocycles. The molecular formula is C20H27IN4OS. The van der Waals surface area contributed by atoms with Crippen molar-refractivity contribution in [3.05, 3.63) is 52.2 Å². The number of thiazole rings is 1. The molecule has 7 heteroatoms. The maximum absolute atomic E-state index is 5.85. The van der Waals surface area contributed by atoms with Gasteiger partial charge in [-0.15, -0.1) is 35.3 Å². The molecule has 5 nitrogen and oxygen atoms in total. The van der Waals surface area contributed by atoms with E-state index in [1.807, 2.05) is 24.4 Å². The van der Waals surface area contributed by atoms with Crippen LogP contribution in [0.15, 0.2) is 45.9 Å². The van der Waals surface area contributed by atoms with Crippen molar-refractivity contribution in [2.24, 2.45) is 4.99 Å². The van der Waals surface area contributed by atoms with E-state index in [4.69, 9.17) is 4.42 Å². The number of furan rings is 1. The van der Waals surface area contributed by atoms with E-state index in [9.17, 15) is 0 Å². The third kappa shape index (κ3) is 6.49. The van der Waals surface area contributed by atoms with Gasteiger partial charge in [0.05, 0.1) is 5.01 Å². The molecule has 0 aliphatic carbocycles. The average Bonchev–Trinajstić information content (AvgIpc) is 3.27. The van der Waals surface area contributed by atoms with Crippen LogP contribution < -0.4 is 10.6 Å². The lowest BCUT2D eigenvalue weighted by Crippen LogP contribution is -2.38. The Hall–Kier alpha value is -1.61. The minimum absolute atomic E-state index is 0. The van der Waals surface area contributed by atoms with Crippen LogP contribution in [-0.4, -0.2) is 30.6 Å². The summed E-state index contributed by atoms with van der Waals surface area (Å²) in [5.74, 6) is 1.83. The minimum Gasteiger partial charge on any atom is -0.461 e. The third-order valence-corrected chi connectivity index (χ3v) is 5.23. The van der Waals surface area contributed by atoms with Crippen LogP contribution in [0, 0.1) is 0 Å². The van der Waals surface area contributed by atoms with E-state index >= 15 is 0 Å². The van der Waals surface area contributed by atoms with Gasteiger partial charge in [0.2, 0.25) is 0 Å². The summed E-state index contributed by atoms with van der Waals surface area (Å²) < 4.78 is 5.85. The van der Waals surface area contributed by atoms with Crippen molar-refractivity contribution in [2.45, 2.75) is 33.1 Å². The monoisotopic (exact) mass is 498 g/mol. The maximum Gasteiger partial charge on any atom is 0.191 e. The average molecular weight is 498 g/mol. The number of aromatic nitrogens is 1. The number of guanidine groups is 1. The number of rotatable bonds is 8. The third-order valence-electron chi connectivity index (χ3n) is 4.03. The molecule has 1 aromatic carbocycles. The summed E-state index contributed by atoms with van der Waals surface area (Å²) in [5.41, 5.74) is 0.943. The van der Waals surface area contributed by atoms with Crippen molar-refractivity contribution in [1.82, 2.24) is 15.6 Å². The van der Waals surface area contributed by atoms with Crippen molar-refractivity contribution in [3.8, 4) is 0 Å². The van der Waals surface area contributed by atoms with Crippen molar-refractivity contribution in [3.63, 3.8) is 0 Å². The molecule has 0 unspecified atom stereocenters. The number of nitrogens with one attached hydrogen (secondary N) is 2. The molecule has 0 fully saturated rings. The molecule has 0 radical (unpaired) electrons. The molecule has 0 amide bonds. The van der Waals surface area contributed by atoms with Crippen LogP contribution in [0.2, 0.25) is 0 Å². The molecule has 2 heterocycles. The van der Waals surface area contributed by atoms with Gasteiger partial charge in [-0.25, -0.2) is 4.98 Å². The van der Waals surface area contributed by atoms with Crippen LogP contribution in [0.4, 0.5) is 0 Å². The molecule has 0 saturated heterocycles. The molecular weight excluding hydrogens is 471 g/mol. The molecule has 2 aromatic heterocycles. The van der Waals surface area contributed by atoms with Gasteiger partial charge in [-0.05, 0) is 25.5 Å². The van der Waals surface area contributed by atoms with Gasteiger partial charge in [-0.2, -0.15) is 0 Å². The Morgan fingerprint density at radius 3 is 2.78 bits per heavy atom. The van der Waals surface area contributed by atoms with Gasteiger partial charge >= 0.3 is 0 Å². The van der Waals surface area contributed by atoms with E-state index in [-0.39, 0.29) is 24.0 Å². The highest BCUT2D eigenvalue weighted by molar-refractivity contribution is 14.0. The number of para-hydroxylation sites is 1. The van der Waals surface area contributed by atoms with Gasteiger partial charge in [0.1, 0.15) is 11.3 Å². The Kier molecular flexibility index (Phi) is 9.06. The van der Waals surface area contributed by atoms with Crippen molar-refractivity contribution >= 4 is 52.2 Å². The van der Waals surface area contributed by atoms with Gasteiger partial charge in [0.15, 0.2) is 5.96 Å². The first-order valence-electron chi connectivity index (χ1n) is 9.21.